The second-order valence-electron chi connectivity index (χ2n) is 6.52. The van der Waals surface area contributed by atoms with Crippen LogP contribution in [0.5, 0.6) is 0 Å². The van der Waals surface area contributed by atoms with E-state index in [1.54, 1.807) is 29.1 Å². The van der Waals surface area contributed by atoms with Crippen molar-refractivity contribution in [3.05, 3.63) is 81.7 Å². The predicted octanol–water partition coefficient (Wildman–Crippen LogP) is 5.07. The van der Waals surface area contributed by atoms with Crippen LogP contribution in [-0.4, -0.2) is 21.2 Å². The normalized spacial score (nSPS) is 11.0. The molecule has 0 unspecified atom stereocenters. The number of Topliss-reactive ketones (excluding diaryl/α,β-unsaturated/α-hetero) is 1. The van der Waals surface area contributed by atoms with Gasteiger partial charge in [-0.25, -0.2) is 9.37 Å². The van der Waals surface area contributed by atoms with Crippen LogP contribution in [0.4, 0.5) is 9.52 Å². The summed E-state index contributed by atoms with van der Waals surface area (Å²) in [6.45, 7) is 2.26. The van der Waals surface area contributed by atoms with Crippen molar-refractivity contribution in [2.45, 2.75) is 13.5 Å². The van der Waals surface area contributed by atoms with Crippen LogP contribution in [0.25, 0.3) is 10.9 Å². The number of aromatic nitrogens is 2. The van der Waals surface area contributed by atoms with Crippen molar-refractivity contribution in [1.82, 2.24) is 9.55 Å². The molecule has 0 aliphatic rings. The quantitative estimate of drug-likeness (QED) is 0.357. The Hall–Kier alpha value is -3.03. The molecule has 0 saturated heterocycles. The summed E-state index contributed by atoms with van der Waals surface area (Å²) in [5, 5.41) is 4.00. The zero-order valence-corrected chi connectivity index (χ0v) is 16.9. The zero-order chi connectivity index (χ0) is 20.5. The van der Waals surface area contributed by atoms with Gasteiger partial charge in [0, 0.05) is 34.2 Å². The average Bonchev–Trinajstić information content (AvgIpc) is 3.26. The fraction of sp³-hybridized carbons (Fsp3) is 0.0952. The molecule has 0 saturated carbocycles. The Labute approximate surface area is 174 Å². The Bertz CT molecular complexity index is 1230. The van der Waals surface area contributed by atoms with Crippen molar-refractivity contribution in [1.29, 1.82) is 0 Å². The average molecular weight is 428 g/mol. The summed E-state index contributed by atoms with van der Waals surface area (Å²) in [5.74, 6) is -1.91. The van der Waals surface area contributed by atoms with Crippen LogP contribution in [0.15, 0.2) is 54.9 Å². The highest BCUT2D eigenvalue weighted by molar-refractivity contribution is 7.15. The number of fused-ring (bicyclic) bond motifs is 1. The van der Waals surface area contributed by atoms with E-state index in [0.717, 1.165) is 10.4 Å². The number of amides is 1. The van der Waals surface area contributed by atoms with Gasteiger partial charge in [0.1, 0.15) is 5.82 Å². The number of hydrogen-bond acceptors (Lipinski definition) is 4. The monoisotopic (exact) mass is 427 g/mol. The highest BCUT2D eigenvalue weighted by Gasteiger charge is 2.23. The highest BCUT2D eigenvalue weighted by atomic mass is 35.5. The molecule has 0 fully saturated rings. The van der Waals surface area contributed by atoms with Gasteiger partial charge in [-0.2, -0.15) is 0 Å². The summed E-state index contributed by atoms with van der Waals surface area (Å²) in [6, 6.07) is 11.4. The maximum atomic E-state index is 13.9. The Balaban J connectivity index is 1.69. The number of nitrogens with zero attached hydrogens (tertiary/aromatic N) is 2. The second kappa shape index (κ2) is 7.77. The Morgan fingerprint density at radius 1 is 1.21 bits per heavy atom. The number of aryl methyl sites for hydroxylation is 1. The lowest BCUT2D eigenvalue weighted by Crippen LogP contribution is -2.22. The molecule has 0 bridgehead atoms. The van der Waals surface area contributed by atoms with Gasteiger partial charge in [0.25, 0.3) is 11.7 Å². The lowest BCUT2D eigenvalue weighted by Gasteiger charge is -2.06. The van der Waals surface area contributed by atoms with Crippen molar-refractivity contribution in [2.24, 2.45) is 0 Å². The third-order valence-electron chi connectivity index (χ3n) is 4.40. The fourth-order valence-corrected chi connectivity index (χ4v) is 3.84. The minimum absolute atomic E-state index is 0.208. The molecule has 1 N–H and O–H groups in total. The molecular formula is C21H15ClFN3O2S. The lowest BCUT2D eigenvalue weighted by molar-refractivity contribution is -0.112. The largest absolute Gasteiger partial charge is 0.342 e. The highest BCUT2D eigenvalue weighted by Crippen LogP contribution is 2.25. The van der Waals surface area contributed by atoms with E-state index in [1.807, 2.05) is 19.1 Å². The van der Waals surface area contributed by atoms with Gasteiger partial charge < -0.3 is 4.57 Å². The van der Waals surface area contributed by atoms with Crippen molar-refractivity contribution in [3.63, 3.8) is 0 Å². The van der Waals surface area contributed by atoms with Crippen LogP contribution >= 0.6 is 22.9 Å². The number of carbonyl (C=O) groups excluding carboxylic acids is 2. The lowest BCUT2D eigenvalue weighted by atomic mass is 10.1. The smallest absolute Gasteiger partial charge is 0.298 e. The van der Waals surface area contributed by atoms with Crippen LogP contribution in [0.3, 0.4) is 0 Å². The van der Waals surface area contributed by atoms with Gasteiger partial charge in [-0.1, -0.05) is 23.7 Å². The summed E-state index contributed by atoms with van der Waals surface area (Å²) >= 11 is 7.21. The zero-order valence-electron chi connectivity index (χ0n) is 15.3. The van der Waals surface area contributed by atoms with Gasteiger partial charge >= 0.3 is 0 Å². The molecule has 0 aliphatic heterocycles. The number of benzene rings is 2. The van der Waals surface area contributed by atoms with Crippen LogP contribution in [0, 0.1) is 12.7 Å². The first-order valence-corrected chi connectivity index (χ1v) is 9.91. The summed E-state index contributed by atoms with van der Waals surface area (Å²) in [5.41, 5.74) is 1.67. The molecule has 4 aromatic rings. The third kappa shape index (κ3) is 4.06. The number of ketones is 1. The maximum absolute atomic E-state index is 13.9. The fourth-order valence-electron chi connectivity index (χ4n) is 3.05. The van der Waals surface area contributed by atoms with E-state index in [-0.39, 0.29) is 5.56 Å². The molecule has 2 heterocycles. The van der Waals surface area contributed by atoms with Gasteiger partial charge in [0.2, 0.25) is 0 Å². The van der Waals surface area contributed by atoms with E-state index in [4.69, 9.17) is 11.6 Å². The molecular weight excluding hydrogens is 413 g/mol. The van der Waals surface area contributed by atoms with Crippen molar-refractivity contribution in [2.75, 3.05) is 5.32 Å². The van der Waals surface area contributed by atoms with Crippen LogP contribution in [0.2, 0.25) is 5.02 Å². The van der Waals surface area contributed by atoms with Crippen LogP contribution < -0.4 is 5.32 Å². The van der Waals surface area contributed by atoms with Gasteiger partial charge in [0.05, 0.1) is 11.1 Å². The van der Waals surface area contributed by atoms with Gasteiger partial charge in [-0.3, -0.25) is 14.9 Å². The molecule has 8 heteroatoms. The van der Waals surface area contributed by atoms with E-state index in [9.17, 15) is 14.0 Å². The summed E-state index contributed by atoms with van der Waals surface area (Å²) in [6.07, 6.45) is 3.19. The standard InChI is InChI=1S/C21H15ClFN3O2S/c1-12-9-24-21(29-12)25-20(28)19(27)17-11-26(10-13-2-4-14(22)5-3-13)18-8-15(23)6-7-16(17)18/h2-9,11H,10H2,1H3,(H,24,25,28). The van der Waals surface area contributed by atoms with Crippen molar-refractivity contribution < 1.29 is 14.0 Å². The molecule has 0 aliphatic carbocycles. The van der Waals surface area contributed by atoms with E-state index >= 15 is 0 Å². The molecule has 29 heavy (non-hydrogen) atoms. The molecule has 0 radical (unpaired) electrons. The van der Waals surface area contributed by atoms with Gasteiger partial charge in [0.15, 0.2) is 5.13 Å². The van der Waals surface area contributed by atoms with Crippen LogP contribution in [0.1, 0.15) is 20.8 Å². The molecule has 0 spiro atoms. The predicted molar refractivity (Wildman–Crippen MR) is 112 cm³/mol. The Morgan fingerprint density at radius 2 is 1.97 bits per heavy atom. The summed E-state index contributed by atoms with van der Waals surface area (Å²) in [7, 11) is 0. The van der Waals surface area contributed by atoms with Gasteiger partial charge in [-0.05, 0) is 42.8 Å². The van der Waals surface area contributed by atoms with Crippen molar-refractivity contribution >= 4 is 50.7 Å². The van der Waals surface area contributed by atoms with Crippen LogP contribution in [-0.2, 0) is 11.3 Å². The Kier molecular flexibility index (Phi) is 5.17. The van der Waals surface area contributed by atoms with E-state index in [2.05, 4.69) is 10.3 Å². The summed E-state index contributed by atoms with van der Waals surface area (Å²) < 4.78 is 15.6. The second-order valence-corrected chi connectivity index (χ2v) is 8.19. The molecule has 1 amide bonds. The number of carbonyl (C=O) groups is 2. The number of thiazole rings is 1. The summed E-state index contributed by atoms with van der Waals surface area (Å²) in [4.78, 5) is 30.2. The first-order chi connectivity index (χ1) is 13.9. The SMILES string of the molecule is Cc1cnc(NC(=O)C(=O)c2cn(Cc3ccc(Cl)cc3)c3cc(F)ccc23)s1. The molecule has 5 nitrogen and oxygen atoms in total. The van der Waals surface area contributed by atoms with E-state index in [1.165, 1.54) is 29.5 Å². The van der Waals surface area contributed by atoms with E-state index in [0.29, 0.717) is 27.6 Å². The number of halogens is 2. The molecule has 146 valence electrons. The number of anilines is 1. The minimum Gasteiger partial charge on any atom is -0.342 e. The number of nitrogens with one attached hydrogen (secondary N) is 1. The third-order valence-corrected chi connectivity index (χ3v) is 5.48. The molecule has 0 atom stereocenters. The molecule has 4 rings (SSSR count). The number of hydrogen-bond donors (Lipinski definition) is 1. The Morgan fingerprint density at radius 3 is 2.66 bits per heavy atom. The maximum Gasteiger partial charge on any atom is 0.298 e. The number of rotatable bonds is 5. The topological polar surface area (TPSA) is 64.0 Å². The first kappa shape index (κ1) is 19.3. The van der Waals surface area contributed by atoms with E-state index < -0.39 is 17.5 Å². The van der Waals surface area contributed by atoms with Gasteiger partial charge in [-0.15, -0.1) is 11.3 Å². The molecule has 2 aromatic heterocycles. The first-order valence-electron chi connectivity index (χ1n) is 8.71. The van der Waals surface area contributed by atoms with Crippen molar-refractivity contribution in [3.8, 4) is 0 Å². The minimum atomic E-state index is -0.783. The molecule has 2 aromatic carbocycles.